The monoisotopic (exact) mass is 216 g/mol. The van der Waals surface area contributed by atoms with Crippen molar-refractivity contribution in [1.82, 2.24) is 14.3 Å². The number of rotatable bonds is 1. The standard InChI is InChI=1S/C6H9N5O2S/c1-10-4(12)3(14-5(7)8)9-11(2)6(10)13/h1-2H3,(H3,7,8)/p+1. The second kappa shape index (κ2) is 3.66. The highest BCUT2D eigenvalue weighted by Gasteiger charge is 2.12. The van der Waals surface area contributed by atoms with Crippen molar-refractivity contribution in [3.8, 4) is 0 Å². The molecule has 0 unspecified atom stereocenters. The summed E-state index contributed by atoms with van der Waals surface area (Å²) < 4.78 is 1.99. The van der Waals surface area contributed by atoms with Crippen LogP contribution in [-0.2, 0) is 14.1 Å². The first-order chi connectivity index (χ1) is 6.43. The summed E-state index contributed by atoms with van der Waals surface area (Å²) in [7, 11) is 2.81. The Hall–Kier alpha value is -1.57. The van der Waals surface area contributed by atoms with Crippen molar-refractivity contribution in [2.24, 2.45) is 19.8 Å². The van der Waals surface area contributed by atoms with Crippen LogP contribution in [-0.4, -0.2) is 19.5 Å². The lowest BCUT2D eigenvalue weighted by Gasteiger charge is -2.01. The third kappa shape index (κ3) is 1.84. The van der Waals surface area contributed by atoms with E-state index in [1.807, 2.05) is 0 Å². The van der Waals surface area contributed by atoms with E-state index >= 15 is 0 Å². The van der Waals surface area contributed by atoms with Crippen LogP contribution in [0, 0.1) is 0 Å². The molecule has 0 aliphatic rings. The van der Waals surface area contributed by atoms with Crippen LogP contribution in [0.25, 0.3) is 0 Å². The molecule has 0 aliphatic heterocycles. The highest BCUT2D eigenvalue weighted by Crippen LogP contribution is 2.04. The van der Waals surface area contributed by atoms with Crippen molar-refractivity contribution in [3.63, 3.8) is 0 Å². The third-order valence-electron chi connectivity index (χ3n) is 1.51. The predicted molar refractivity (Wildman–Crippen MR) is 51.7 cm³/mol. The van der Waals surface area contributed by atoms with E-state index in [9.17, 15) is 9.59 Å². The molecule has 0 saturated heterocycles. The number of hydrogen-bond acceptors (Lipinski definition) is 4. The van der Waals surface area contributed by atoms with E-state index < -0.39 is 11.2 Å². The van der Waals surface area contributed by atoms with Gasteiger partial charge in [-0.05, 0) is 0 Å². The number of nitrogens with two attached hydrogens (primary N) is 2. The van der Waals surface area contributed by atoms with Crippen LogP contribution in [0.2, 0.25) is 0 Å². The molecule has 0 aromatic carbocycles. The highest BCUT2D eigenvalue weighted by atomic mass is 32.2. The number of aryl methyl sites for hydroxylation is 1. The SMILES string of the molecule is Cn1nc(SC(N)=[NH2+])c(=O)n(C)c1=O. The number of thioether (sulfide) groups is 1. The average molecular weight is 216 g/mol. The summed E-state index contributed by atoms with van der Waals surface area (Å²) in [5.74, 6) is 0. The van der Waals surface area contributed by atoms with Gasteiger partial charge in [-0.3, -0.25) is 20.5 Å². The molecule has 0 spiro atoms. The van der Waals surface area contributed by atoms with Gasteiger partial charge >= 0.3 is 10.9 Å². The molecule has 1 heterocycles. The Morgan fingerprint density at radius 1 is 1.50 bits per heavy atom. The smallest absolute Gasteiger partial charge is 0.281 e. The van der Waals surface area contributed by atoms with Crippen molar-refractivity contribution in [3.05, 3.63) is 20.8 Å². The molecule has 7 nitrogen and oxygen atoms in total. The number of aromatic nitrogens is 3. The van der Waals surface area contributed by atoms with E-state index in [-0.39, 0.29) is 10.2 Å². The second-order valence-corrected chi connectivity index (χ2v) is 3.64. The topological polar surface area (TPSA) is 108 Å². The van der Waals surface area contributed by atoms with Crippen LogP contribution in [0.5, 0.6) is 0 Å². The minimum absolute atomic E-state index is 0.00764. The number of amidine groups is 1. The van der Waals surface area contributed by atoms with Crippen molar-refractivity contribution < 1.29 is 5.41 Å². The first kappa shape index (κ1) is 10.5. The van der Waals surface area contributed by atoms with Crippen LogP contribution in [0.4, 0.5) is 0 Å². The van der Waals surface area contributed by atoms with E-state index in [0.29, 0.717) is 0 Å². The Kier molecular flexibility index (Phi) is 2.75. The van der Waals surface area contributed by atoms with Crippen molar-refractivity contribution in [2.75, 3.05) is 0 Å². The molecule has 1 aromatic heterocycles. The van der Waals surface area contributed by atoms with Gasteiger partial charge in [0, 0.05) is 25.9 Å². The van der Waals surface area contributed by atoms with Gasteiger partial charge in [0.05, 0.1) is 0 Å². The lowest BCUT2D eigenvalue weighted by molar-refractivity contribution is -0.110. The summed E-state index contributed by atoms with van der Waals surface area (Å²) in [5, 5.41) is 9.03. The lowest BCUT2D eigenvalue weighted by atomic mass is 10.8. The molecular formula is C6H10N5O2S+. The molecule has 0 radical (unpaired) electrons. The van der Waals surface area contributed by atoms with E-state index in [2.05, 4.69) is 5.10 Å². The minimum Gasteiger partial charge on any atom is -0.281 e. The van der Waals surface area contributed by atoms with Gasteiger partial charge in [-0.15, -0.1) is 0 Å². The fraction of sp³-hybridized carbons (Fsp3) is 0.333. The Bertz CT molecular complexity index is 488. The summed E-state index contributed by atoms with van der Waals surface area (Å²) in [6, 6.07) is 0. The van der Waals surface area contributed by atoms with Crippen molar-refractivity contribution in [1.29, 1.82) is 0 Å². The molecule has 0 amide bonds. The fourth-order valence-corrected chi connectivity index (χ4v) is 1.46. The Morgan fingerprint density at radius 2 is 2.07 bits per heavy atom. The summed E-state index contributed by atoms with van der Waals surface area (Å²) in [4.78, 5) is 22.6. The largest absolute Gasteiger partial charge is 0.346 e. The van der Waals surface area contributed by atoms with E-state index in [0.717, 1.165) is 21.0 Å². The van der Waals surface area contributed by atoms with Gasteiger partial charge < -0.3 is 0 Å². The van der Waals surface area contributed by atoms with Gasteiger partial charge in [-0.1, -0.05) is 0 Å². The molecule has 14 heavy (non-hydrogen) atoms. The maximum absolute atomic E-state index is 11.4. The van der Waals surface area contributed by atoms with Gasteiger partial charge in [0.25, 0.3) is 5.56 Å². The molecule has 0 atom stereocenters. The summed E-state index contributed by atoms with van der Waals surface area (Å²) >= 11 is 0.830. The summed E-state index contributed by atoms with van der Waals surface area (Å²) in [5.41, 5.74) is 4.21. The predicted octanol–water partition coefficient (Wildman–Crippen LogP) is -3.36. The maximum atomic E-state index is 11.4. The first-order valence-corrected chi connectivity index (χ1v) is 4.45. The second-order valence-electron chi connectivity index (χ2n) is 2.58. The van der Waals surface area contributed by atoms with Crippen LogP contribution in [0.15, 0.2) is 14.6 Å². The van der Waals surface area contributed by atoms with E-state index in [4.69, 9.17) is 11.1 Å². The zero-order valence-electron chi connectivity index (χ0n) is 7.72. The van der Waals surface area contributed by atoms with Gasteiger partial charge in [0.15, 0.2) is 5.03 Å². The molecule has 1 rings (SSSR count). The van der Waals surface area contributed by atoms with Crippen LogP contribution >= 0.6 is 11.8 Å². The molecule has 76 valence electrons. The molecular weight excluding hydrogens is 206 g/mol. The molecule has 4 N–H and O–H groups in total. The minimum atomic E-state index is -0.508. The Morgan fingerprint density at radius 3 is 2.57 bits per heavy atom. The van der Waals surface area contributed by atoms with Gasteiger partial charge in [0.1, 0.15) is 0 Å². The zero-order valence-corrected chi connectivity index (χ0v) is 8.54. The Labute approximate surface area is 83.0 Å². The quantitative estimate of drug-likeness (QED) is 0.289. The van der Waals surface area contributed by atoms with Crippen molar-refractivity contribution in [2.45, 2.75) is 5.03 Å². The zero-order chi connectivity index (χ0) is 10.9. The van der Waals surface area contributed by atoms with Crippen molar-refractivity contribution >= 4 is 16.9 Å². The van der Waals surface area contributed by atoms with Gasteiger partial charge in [-0.25, -0.2) is 9.48 Å². The number of hydrogen-bond donors (Lipinski definition) is 2. The molecule has 0 aliphatic carbocycles. The lowest BCUT2D eigenvalue weighted by Crippen LogP contribution is -2.45. The number of nitrogens with zero attached hydrogens (tertiary/aromatic N) is 3. The molecule has 8 heteroatoms. The normalized spacial score (nSPS) is 10.1. The Balaban J connectivity index is 3.41. The molecule has 0 saturated carbocycles. The first-order valence-electron chi connectivity index (χ1n) is 3.63. The molecule has 0 bridgehead atoms. The highest BCUT2D eigenvalue weighted by molar-refractivity contribution is 8.13. The fourth-order valence-electron chi connectivity index (χ4n) is 0.845. The summed E-state index contributed by atoms with van der Waals surface area (Å²) in [6.07, 6.45) is 0. The van der Waals surface area contributed by atoms with Crippen LogP contribution in [0.1, 0.15) is 0 Å². The third-order valence-corrected chi connectivity index (χ3v) is 2.19. The van der Waals surface area contributed by atoms with Crippen LogP contribution in [0.3, 0.4) is 0 Å². The summed E-state index contributed by atoms with van der Waals surface area (Å²) in [6.45, 7) is 0. The van der Waals surface area contributed by atoms with Gasteiger partial charge in [-0.2, -0.15) is 5.10 Å². The maximum Gasteiger partial charge on any atom is 0.346 e. The average Bonchev–Trinajstić information content (AvgIpc) is 2.10. The van der Waals surface area contributed by atoms with E-state index in [1.165, 1.54) is 14.1 Å². The molecule has 0 fully saturated rings. The van der Waals surface area contributed by atoms with Gasteiger partial charge in [0.2, 0.25) is 0 Å². The van der Waals surface area contributed by atoms with Crippen LogP contribution < -0.4 is 22.4 Å². The van der Waals surface area contributed by atoms with E-state index in [1.54, 1.807) is 0 Å². The molecule has 1 aromatic rings.